The topological polar surface area (TPSA) is 75.9 Å². The number of nitrogens with one attached hydrogen (secondary N) is 2. The summed E-state index contributed by atoms with van der Waals surface area (Å²) >= 11 is 0. The zero-order valence-electron chi connectivity index (χ0n) is 10.4. The lowest BCUT2D eigenvalue weighted by Crippen LogP contribution is -2.13. The van der Waals surface area contributed by atoms with Crippen molar-refractivity contribution in [2.24, 2.45) is 5.84 Å². The molecule has 0 atom stereocenters. The molecule has 0 saturated carbocycles. The molecule has 5 nitrogen and oxygen atoms in total. The number of benzene rings is 1. The van der Waals surface area contributed by atoms with E-state index in [2.05, 4.69) is 32.8 Å². The Morgan fingerprint density at radius 1 is 1.11 bits per heavy atom. The van der Waals surface area contributed by atoms with Crippen LogP contribution in [0.25, 0.3) is 0 Å². The largest absolute Gasteiger partial charge is 0.369 e. The Kier molecular flexibility index (Phi) is 4.09. The van der Waals surface area contributed by atoms with Gasteiger partial charge in [-0.05, 0) is 18.9 Å². The Hall–Kier alpha value is -2.14. The van der Waals surface area contributed by atoms with Gasteiger partial charge in [0.15, 0.2) is 0 Å². The van der Waals surface area contributed by atoms with Crippen LogP contribution in [0, 0.1) is 6.92 Å². The Labute approximate surface area is 106 Å². The van der Waals surface area contributed by atoms with Crippen LogP contribution in [-0.4, -0.2) is 16.5 Å². The van der Waals surface area contributed by atoms with E-state index in [1.54, 1.807) is 0 Å². The van der Waals surface area contributed by atoms with Crippen molar-refractivity contribution in [3.05, 3.63) is 47.8 Å². The molecule has 0 aliphatic carbocycles. The van der Waals surface area contributed by atoms with Gasteiger partial charge in [0, 0.05) is 12.1 Å². The highest BCUT2D eigenvalue weighted by Gasteiger charge is 2.04. The van der Waals surface area contributed by atoms with Crippen LogP contribution in [0.4, 0.5) is 11.6 Å². The van der Waals surface area contributed by atoms with Crippen LogP contribution in [-0.2, 0) is 6.42 Å². The van der Waals surface area contributed by atoms with Gasteiger partial charge in [-0.15, -0.1) is 0 Å². The molecule has 94 valence electrons. The molecule has 1 aromatic heterocycles. The first kappa shape index (κ1) is 12.3. The van der Waals surface area contributed by atoms with E-state index in [9.17, 15) is 0 Å². The molecule has 0 aliphatic heterocycles. The summed E-state index contributed by atoms with van der Waals surface area (Å²) in [5.41, 5.74) is 4.78. The predicted octanol–water partition coefficient (Wildman–Crippen LogP) is 1.73. The third kappa shape index (κ3) is 2.95. The summed E-state index contributed by atoms with van der Waals surface area (Å²) in [7, 11) is 0. The molecular weight excluding hydrogens is 226 g/mol. The van der Waals surface area contributed by atoms with E-state index in [1.807, 2.05) is 25.1 Å². The number of nitrogen functional groups attached to an aromatic ring is 1. The lowest BCUT2D eigenvalue weighted by molar-refractivity contribution is 0.990. The Bertz CT molecular complexity index is 498. The van der Waals surface area contributed by atoms with Gasteiger partial charge in [-0.25, -0.2) is 15.8 Å². The molecule has 0 saturated heterocycles. The minimum absolute atomic E-state index is 0.646. The SMILES string of the molecule is Cc1c(NN)ncnc1NCCc1ccccc1. The van der Waals surface area contributed by atoms with Crippen molar-refractivity contribution in [2.75, 3.05) is 17.3 Å². The normalized spacial score (nSPS) is 10.1. The first-order valence-corrected chi connectivity index (χ1v) is 5.87. The van der Waals surface area contributed by atoms with Crippen LogP contribution < -0.4 is 16.6 Å². The summed E-state index contributed by atoms with van der Waals surface area (Å²) in [6.45, 7) is 2.76. The molecule has 1 aromatic carbocycles. The van der Waals surface area contributed by atoms with E-state index in [1.165, 1.54) is 11.9 Å². The van der Waals surface area contributed by atoms with Crippen molar-refractivity contribution in [3.63, 3.8) is 0 Å². The summed E-state index contributed by atoms with van der Waals surface area (Å²) in [4.78, 5) is 8.24. The van der Waals surface area contributed by atoms with Crippen LogP contribution in [0.2, 0.25) is 0 Å². The van der Waals surface area contributed by atoms with Gasteiger partial charge >= 0.3 is 0 Å². The van der Waals surface area contributed by atoms with Crippen molar-refractivity contribution in [3.8, 4) is 0 Å². The quantitative estimate of drug-likeness (QED) is 0.550. The maximum absolute atomic E-state index is 5.37. The highest BCUT2D eigenvalue weighted by molar-refractivity contribution is 5.55. The van der Waals surface area contributed by atoms with Gasteiger partial charge in [-0.3, -0.25) is 0 Å². The Balaban J connectivity index is 1.95. The second kappa shape index (κ2) is 5.97. The average molecular weight is 243 g/mol. The minimum atomic E-state index is 0.646. The number of rotatable bonds is 5. The molecule has 0 bridgehead atoms. The first-order chi connectivity index (χ1) is 8.81. The zero-order chi connectivity index (χ0) is 12.8. The lowest BCUT2D eigenvalue weighted by Gasteiger charge is -2.10. The summed E-state index contributed by atoms with van der Waals surface area (Å²) < 4.78 is 0. The number of hydrogen-bond acceptors (Lipinski definition) is 5. The van der Waals surface area contributed by atoms with E-state index in [-0.39, 0.29) is 0 Å². The molecule has 0 aliphatic rings. The first-order valence-electron chi connectivity index (χ1n) is 5.87. The highest BCUT2D eigenvalue weighted by Crippen LogP contribution is 2.16. The molecule has 1 heterocycles. The molecule has 0 amide bonds. The van der Waals surface area contributed by atoms with Crippen LogP contribution in [0.15, 0.2) is 36.7 Å². The molecule has 4 N–H and O–H groups in total. The molecule has 18 heavy (non-hydrogen) atoms. The van der Waals surface area contributed by atoms with Gasteiger partial charge in [-0.1, -0.05) is 30.3 Å². The fourth-order valence-electron chi connectivity index (χ4n) is 1.74. The Morgan fingerprint density at radius 2 is 1.83 bits per heavy atom. The number of nitrogens with zero attached hydrogens (tertiary/aromatic N) is 2. The van der Waals surface area contributed by atoms with Crippen LogP contribution in [0.5, 0.6) is 0 Å². The van der Waals surface area contributed by atoms with Gasteiger partial charge in [0.1, 0.15) is 18.0 Å². The third-order valence-corrected chi connectivity index (χ3v) is 2.77. The molecule has 0 spiro atoms. The molecule has 0 radical (unpaired) electrons. The third-order valence-electron chi connectivity index (χ3n) is 2.77. The standard InChI is InChI=1S/C13H17N5/c1-10-12(16-9-17-13(10)18-14)15-8-7-11-5-3-2-4-6-11/h2-6,9H,7-8,14H2,1H3,(H2,15,16,17,18). The monoisotopic (exact) mass is 243 g/mol. The maximum Gasteiger partial charge on any atom is 0.148 e. The fourth-order valence-corrected chi connectivity index (χ4v) is 1.74. The lowest BCUT2D eigenvalue weighted by atomic mass is 10.1. The van der Waals surface area contributed by atoms with Crippen LogP contribution >= 0.6 is 0 Å². The van der Waals surface area contributed by atoms with E-state index in [0.29, 0.717) is 5.82 Å². The molecule has 0 fully saturated rings. The molecule has 0 unspecified atom stereocenters. The molecule has 2 aromatic rings. The van der Waals surface area contributed by atoms with E-state index < -0.39 is 0 Å². The van der Waals surface area contributed by atoms with Crippen LogP contribution in [0.1, 0.15) is 11.1 Å². The molecule has 5 heteroatoms. The van der Waals surface area contributed by atoms with Crippen molar-refractivity contribution in [2.45, 2.75) is 13.3 Å². The molecule has 2 rings (SSSR count). The van der Waals surface area contributed by atoms with Gasteiger partial charge in [-0.2, -0.15) is 0 Å². The van der Waals surface area contributed by atoms with Crippen molar-refractivity contribution in [1.29, 1.82) is 0 Å². The summed E-state index contributed by atoms with van der Waals surface area (Å²) in [5, 5.41) is 3.29. The predicted molar refractivity (Wildman–Crippen MR) is 73.2 cm³/mol. The van der Waals surface area contributed by atoms with E-state index in [0.717, 1.165) is 24.3 Å². The number of aromatic nitrogens is 2. The van der Waals surface area contributed by atoms with Crippen molar-refractivity contribution >= 4 is 11.6 Å². The van der Waals surface area contributed by atoms with Gasteiger partial charge in [0.2, 0.25) is 0 Å². The summed E-state index contributed by atoms with van der Waals surface area (Å²) in [6, 6.07) is 10.3. The number of hydrogen-bond donors (Lipinski definition) is 3. The average Bonchev–Trinajstić information content (AvgIpc) is 2.42. The van der Waals surface area contributed by atoms with Gasteiger partial charge in [0.25, 0.3) is 0 Å². The summed E-state index contributed by atoms with van der Waals surface area (Å²) in [5.74, 6) is 6.83. The second-order valence-electron chi connectivity index (χ2n) is 4.00. The van der Waals surface area contributed by atoms with Crippen molar-refractivity contribution < 1.29 is 0 Å². The van der Waals surface area contributed by atoms with Crippen molar-refractivity contribution in [1.82, 2.24) is 9.97 Å². The fraction of sp³-hybridized carbons (Fsp3) is 0.231. The minimum Gasteiger partial charge on any atom is -0.369 e. The smallest absolute Gasteiger partial charge is 0.148 e. The highest BCUT2D eigenvalue weighted by atomic mass is 15.3. The second-order valence-corrected chi connectivity index (χ2v) is 4.00. The van der Waals surface area contributed by atoms with Gasteiger partial charge in [0.05, 0.1) is 0 Å². The Morgan fingerprint density at radius 3 is 2.56 bits per heavy atom. The number of nitrogens with two attached hydrogens (primary N) is 1. The maximum atomic E-state index is 5.37. The van der Waals surface area contributed by atoms with Gasteiger partial charge < -0.3 is 10.7 Å². The van der Waals surface area contributed by atoms with Crippen LogP contribution in [0.3, 0.4) is 0 Å². The number of hydrazine groups is 1. The van der Waals surface area contributed by atoms with E-state index in [4.69, 9.17) is 5.84 Å². The summed E-state index contributed by atoms with van der Waals surface area (Å²) in [6.07, 6.45) is 2.45. The number of anilines is 2. The molecular formula is C13H17N5. The zero-order valence-corrected chi connectivity index (χ0v) is 10.4. The van der Waals surface area contributed by atoms with E-state index >= 15 is 0 Å².